The van der Waals surface area contributed by atoms with E-state index in [1.807, 2.05) is 0 Å². The van der Waals surface area contributed by atoms with Crippen molar-refractivity contribution in [1.82, 2.24) is 19.8 Å². The van der Waals surface area contributed by atoms with Gasteiger partial charge < -0.3 is 33.7 Å². The minimum absolute atomic E-state index is 0.101. The number of para-hydroxylation sites is 1. The lowest BCUT2D eigenvalue weighted by molar-refractivity contribution is -0.284. The molecule has 6 saturated heterocycles. The van der Waals surface area contributed by atoms with Crippen LogP contribution in [0.25, 0.3) is 21.8 Å². The SMILES string of the molecule is CC[C@H]1C[C@@H]2C[C@@]3(C(=O)OC)c4[nH]c5c([C@@H]6C[C@H]7[C@@]8(C(=O)OC)CO[C@H](N(C)[C@H]8Cc8c6[nH]c6ccccc86)[C@]76O[C@@H]6C)c(OC)ccc5c4CCN([C@@H]2CC(C)=O)[C@@H]13. The van der Waals surface area contributed by atoms with Gasteiger partial charge in [0, 0.05) is 76.2 Å². The monoisotopic (exact) mass is 804 g/mol. The number of hydrogen-bond donors (Lipinski definition) is 2. The van der Waals surface area contributed by atoms with Crippen molar-refractivity contribution in [3.63, 3.8) is 0 Å². The molecule has 1 spiro atoms. The zero-order chi connectivity index (χ0) is 40.9. The van der Waals surface area contributed by atoms with E-state index in [0.717, 1.165) is 75.9 Å². The third kappa shape index (κ3) is 4.61. The summed E-state index contributed by atoms with van der Waals surface area (Å²) in [5.41, 5.74) is 4.75. The fourth-order valence-electron chi connectivity index (χ4n) is 14.6. The number of nitrogens with zero attached hydrogens (tertiary/aromatic N) is 2. The Bertz CT molecular complexity index is 2440. The van der Waals surface area contributed by atoms with Crippen LogP contribution < -0.4 is 4.74 Å². The van der Waals surface area contributed by atoms with Crippen LogP contribution in [0.5, 0.6) is 5.75 Å². The van der Waals surface area contributed by atoms with Gasteiger partial charge in [0.15, 0.2) is 0 Å². The number of likely N-dealkylation sites (N-methyl/N-ethyl adjacent to an activating group) is 1. The van der Waals surface area contributed by atoms with Gasteiger partial charge in [-0.05, 0) is 94.2 Å². The van der Waals surface area contributed by atoms with Crippen molar-refractivity contribution in [3.8, 4) is 5.75 Å². The smallest absolute Gasteiger partial charge is 0.319 e. The second-order valence-corrected chi connectivity index (χ2v) is 18.9. The van der Waals surface area contributed by atoms with Gasteiger partial charge in [-0.3, -0.25) is 24.2 Å². The molecule has 312 valence electrons. The number of carbonyl (C=O) groups is 3. The van der Waals surface area contributed by atoms with E-state index in [4.69, 9.17) is 23.7 Å². The number of aromatic nitrogens is 2. The molecule has 7 fully saturated rings. The molecule has 13 rings (SSSR count). The summed E-state index contributed by atoms with van der Waals surface area (Å²) in [5, 5.41) is 2.20. The summed E-state index contributed by atoms with van der Waals surface area (Å²) < 4.78 is 31.3. The second kappa shape index (κ2) is 12.9. The van der Waals surface area contributed by atoms with E-state index >= 15 is 0 Å². The highest BCUT2D eigenvalue weighted by Crippen LogP contribution is 2.67. The first-order chi connectivity index (χ1) is 28.5. The maximum absolute atomic E-state index is 14.7. The summed E-state index contributed by atoms with van der Waals surface area (Å²) in [4.78, 5) is 54.8. The third-order valence-electron chi connectivity index (χ3n) is 16.8. The standard InChI is InChI=1S/C47H56N4O8/c1-8-25-18-26-21-45(43(53)56-6)40-29(15-16-51(41(25)45)33(26)17-23(2)52)28-13-14-34(55-5)37(39(28)49-40)31-19-35-46(44(54)57-7)22-58-42(47(35)24(3)59-47)50(4)36(46)20-30-27-11-9-10-12-32(27)48-38(30)31/h9-14,24-26,31,33,35-36,41-42,48-49H,8,15-22H2,1-7H3/t24-,25+,26-,31+,33-,35+,36+,41+,42+,45-,46+,47-/m1/s1. The Hall–Kier alpha value is -4.23. The number of methoxy groups -OCH3 is 3. The highest BCUT2D eigenvalue weighted by Gasteiger charge is 2.80. The van der Waals surface area contributed by atoms with Crippen LogP contribution in [0.4, 0.5) is 0 Å². The molecule has 1 unspecified atom stereocenters. The molecule has 59 heavy (non-hydrogen) atoms. The third-order valence-corrected chi connectivity index (χ3v) is 16.8. The van der Waals surface area contributed by atoms with E-state index in [2.05, 4.69) is 77.1 Å². The zero-order valence-corrected chi connectivity index (χ0v) is 35.2. The molecule has 12 heteroatoms. The van der Waals surface area contributed by atoms with E-state index in [1.54, 1.807) is 14.0 Å². The second-order valence-electron chi connectivity index (χ2n) is 18.9. The van der Waals surface area contributed by atoms with E-state index in [1.165, 1.54) is 19.8 Å². The quantitative estimate of drug-likeness (QED) is 0.175. The first kappa shape index (κ1) is 37.7. The number of fused-ring (bicyclic) bond motifs is 8. The zero-order valence-electron chi connectivity index (χ0n) is 35.2. The van der Waals surface area contributed by atoms with Crippen molar-refractivity contribution in [2.24, 2.45) is 23.2 Å². The topological polar surface area (TPSA) is 139 Å². The van der Waals surface area contributed by atoms with Gasteiger partial charge in [0.25, 0.3) is 0 Å². The molecule has 2 aromatic carbocycles. The molecule has 12 nitrogen and oxygen atoms in total. The molecule has 0 amide bonds. The molecule has 1 saturated carbocycles. The molecule has 2 aliphatic carbocycles. The first-order valence-corrected chi connectivity index (χ1v) is 21.7. The van der Waals surface area contributed by atoms with Crippen molar-refractivity contribution in [3.05, 3.63) is 64.5 Å². The molecule has 0 radical (unpaired) electrons. The molecular weight excluding hydrogens is 749 g/mol. The first-order valence-electron chi connectivity index (χ1n) is 21.7. The van der Waals surface area contributed by atoms with Crippen LogP contribution in [0.1, 0.15) is 86.9 Å². The van der Waals surface area contributed by atoms with Gasteiger partial charge in [-0.25, -0.2) is 0 Å². The number of epoxide rings is 1. The summed E-state index contributed by atoms with van der Waals surface area (Å²) in [6.07, 6.45) is 4.57. The summed E-state index contributed by atoms with van der Waals surface area (Å²) in [6.45, 7) is 7.03. The summed E-state index contributed by atoms with van der Waals surface area (Å²) in [5.74, 6) is 0.430. The Morgan fingerprint density at radius 2 is 1.76 bits per heavy atom. The number of aromatic amines is 2. The van der Waals surface area contributed by atoms with Crippen molar-refractivity contribution < 1.29 is 38.1 Å². The lowest BCUT2D eigenvalue weighted by atomic mass is 9.54. The van der Waals surface area contributed by atoms with Gasteiger partial charge >= 0.3 is 11.9 Å². The fourth-order valence-corrected chi connectivity index (χ4v) is 14.6. The molecule has 13 atom stereocenters. The normalized spacial score (nSPS) is 39.0. The number of nitrogens with one attached hydrogen (secondary N) is 2. The van der Waals surface area contributed by atoms with Crippen molar-refractivity contribution in [2.45, 2.75) is 113 Å². The van der Waals surface area contributed by atoms with Crippen molar-refractivity contribution in [1.29, 1.82) is 0 Å². The predicted octanol–water partition coefficient (Wildman–Crippen LogP) is 5.77. The Morgan fingerprint density at radius 3 is 2.47 bits per heavy atom. The van der Waals surface area contributed by atoms with Crippen molar-refractivity contribution in [2.75, 3.05) is 41.5 Å². The summed E-state index contributed by atoms with van der Waals surface area (Å²) in [6, 6.07) is 12.5. The van der Waals surface area contributed by atoms with Gasteiger partial charge in [-0.15, -0.1) is 0 Å². The van der Waals surface area contributed by atoms with E-state index in [-0.39, 0.29) is 78.5 Å². The fraction of sp³-hybridized carbons (Fsp3) is 0.596. The molecule has 8 bridgehead atoms. The number of piperidine rings is 3. The van der Waals surface area contributed by atoms with Crippen LogP contribution in [-0.2, 0) is 51.6 Å². The van der Waals surface area contributed by atoms with Crippen LogP contribution >= 0.6 is 0 Å². The van der Waals surface area contributed by atoms with E-state index in [0.29, 0.717) is 25.7 Å². The lowest BCUT2D eigenvalue weighted by Gasteiger charge is -2.62. The van der Waals surface area contributed by atoms with Gasteiger partial charge in [0.05, 0.1) is 39.6 Å². The van der Waals surface area contributed by atoms with E-state index in [9.17, 15) is 14.4 Å². The van der Waals surface area contributed by atoms with Gasteiger partial charge in [0.2, 0.25) is 0 Å². The Balaban J connectivity index is 1.17. The van der Waals surface area contributed by atoms with Crippen LogP contribution in [0, 0.1) is 23.2 Å². The molecule has 2 N–H and O–H groups in total. The van der Waals surface area contributed by atoms with Gasteiger partial charge in [-0.2, -0.15) is 0 Å². The summed E-state index contributed by atoms with van der Waals surface area (Å²) in [7, 11) is 6.82. The van der Waals surface area contributed by atoms with Crippen LogP contribution in [0.15, 0.2) is 36.4 Å². The minimum Gasteiger partial charge on any atom is -0.496 e. The van der Waals surface area contributed by atoms with Gasteiger partial charge in [0.1, 0.15) is 34.2 Å². The maximum Gasteiger partial charge on any atom is 0.319 e. The van der Waals surface area contributed by atoms with Crippen LogP contribution in [-0.4, -0.2) is 115 Å². The molecule has 2 aromatic heterocycles. The number of hydrogen-bond acceptors (Lipinski definition) is 10. The highest BCUT2D eigenvalue weighted by molar-refractivity contribution is 5.95. The number of benzene rings is 2. The largest absolute Gasteiger partial charge is 0.496 e. The minimum atomic E-state index is -0.989. The van der Waals surface area contributed by atoms with Crippen LogP contribution in [0.3, 0.4) is 0 Å². The predicted molar refractivity (Wildman–Crippen MR) is 219 cm³/mol. The number of carbonyl (C=O) groups excluding carboxylic acids is 3. The average Bonchev–Trinajstić information content (AvgIpc) is 3.57. The van der Waals surface area contributed by atoms with Crippen molar-refractivity contribution >= 4 is 39.5 Å². The molecule has 9 aliphatic rings. The Kier molecular flexibility index (Phi) is 8.25. The number of ether oxygens (including phenoxy) is 5. The maximum atomic E-state index is 14.7. The number of esters is 2. The number of ketones is 1. The number of Topliss-reactive ketones (excluding diaryl/α,β-unsaturated/α-hetero) is 1. The molecule has 4 aromatic rings. The average molecular weight is 805 g/mol. The van der Waals surface area contributed by atoms with Crippen LogP contribution in [0.2, 0.25) is 0 Å². The molecule has 7 aliphatic heterocycles. The highest BCUT2D eigenvalue weighted by atomic mass is 16.7. The molecular formula is C47H56N4O8. The number of H-pyrrole nitrogens is 2. The molecule has 9 heterocycles. The Labute approximate surface area is 344 Å². The summed E-state index contributed by atoms with van der Waals surface area (Å²) >= 11 is 0. The Morgan fingerprint density at radius 1 is 0.983 bits per heavy atom. The van der Waals surface area contributed by atoms with Gasteiger partial charge in [-0.1, -0.05) is 31.5 Å². The number of rotatable bonds is 7. The van der Waals surface area contributed by atoms with E-state index < -0.39 is 16.4 Å². The lowest BCUT2D eigenvalue weighted by Crippen LogP contribution is -2.77.